The Bertz CT molecular complexity index is 677. The second-order valence-corrected chi connectivity index (χ2v) is 5.40. The van der Waals surface area contributed by atoms with E-state index in [0.717, 1.165) is 29.4 Å². The fourth-order valence-electron chi connectivity index (χ4n) is 2.88. The molecule has 0 radical (unpaired) electrons. The molecule has 0 aliphatic carbocycles. The number of carbonyl (C=O) groups is 2. The van der Waals surface area contributed by atoms with Crippen LogP contribution in [0.4, 0.5) is 0 Å². The molecule has 0 atom stereocenters. The van der Waals surface area contributed by atoms with Crippen LogP contribution in [0.5, 0.6) is 0 Å². The van der Waals surface area contributed by atoms with Gasteiger partial charge >= 0.3 is 0 Å². The summed E-state index contributed by atoms with van der Waals surface area (Å²) in [6, 6.07) is 7.66. The Kier molecular flexibility index (Phi) is 3.64. The molecule has 1 aromatic carbocycles. The number of aromatic nitrogens is 1. The number of hydrogen-bond acceptors (Lipinski definition) is 2. The molecule has 1 saturated heterocycles. The van der Waals surface area contributed by atoms with Gasteiger partial charge in [0.15, 0.2) is 0 Å². The highest BCUT2D eigenvalue weighted by Crippen LogP contribution is 2.19. The van der Waals surface area contributed by atoms with Crippen molar-refractivity contribution in [3.63, 3.8) is 0 Å². The van der Waals surface area contributed by atoms with Crippen LogP contribution in [-0.2, 0) is 4.79 Å². The van der Waals surface area contributed by atoms with E-state index < -0.39 is 0 Å². The lowest BCUT2D eigenvalue weighted by Crippen LogP contribution is -2.36. The second kappa shape index (κ2) is 5.60. The van der Waals surface area contributed by atoms with Crippen molar-refractivity contribution in [1.82, 2.24) is 14.8 Å². The Hall–Kier alpha value is -2.30. The zero-order valence-electron chi connectivity index (χ0n) is 12.1. The highest BCUT2D eigenvalue weighted by molar-refractivity contribution is 6.06. The van der Waals surface area contributed by atoms with Gasteiger partial charge in [-0.1, -0.05) is 6.07 Å². The van der Waals surface area contributed by atoms with Gasteiger partial charge in [0.25, 0.3) is 5.91 Å². The van der Waals surface area contributed by atoms with Crippen LogP contribution in [0.25, 0.3) is 10.9 Å². The molecule has 1 fully saturated rings. The number of hydrogen-bond donors (Lipinski definition) is 1. The van der Waals surface area contributed by atoms with Crippen LogP contribution in [0, 0.1) is 0 Å². The van der Waals surface area contributed by atoms with E-state index in [9.17, 15) is 9.59 Å². The largest absolute Gasteiger partial charge is 0.361 e. The molecule has 2 heterocycles. The third-order valence-corrected chi connectivity index (χ3v) is 4.05. The van der Waals surface area contributed by atoms with E-state index in [2.05, 4.69) is 4.98 Å². The first-order valence-corrected chi connectivity index (χ1v) is 7.28. The fourth-order valence-corrected chi connectivity index (χ4v) is 2.88. The fraction of sp³-hybridized carbons (Fsp3) is 0.375. The zero-order valence-corrected chi connectivity index (χ0v) is 12.1. The maximum atomic E-state index is 12.7. The Labute approximate surface area is 123 Å². The van der Waals surface area contributed by atoms with Crippen molar-refractivity contribution in [1.29, 1.82) is 0 Å². The molecule has 2 aromatic rings. The van der Waals surface area contributed by atoms with Gasteiger partial charge in [0, 0.05) is 55.8 Å². The summed E-state index contributed by atoms with van der Waals surface area (Å²) >= 11 is 0. The zero-order chi connectivity index (χ0) is 14.8. The maximum Gasteiger partial charge on any atom is 0.254 e. The van der Waals surface area contributed by atoms with Crippen LogP contribution in [0.1, 0.15) is 23.7 Å². The standard InChI is InChI=1S/C16H19N3O2/c1-12(20)18-8-3-9-19(11-10-18)16(21)14-4-2-5-15-13(14)6-7-17-15/h2,4-7,17H,3,8-11H2,1H3. The molecule has 110 valence electrons. The number of aromatic amines is 1. The van der Waals surface area contributed by atoms with Crippen molar-refractivity contribution in [2.24, 2.45) is 0 Å². The molecule has 0 spiro atoms. The summed E-state index contributed by atoms with van der Waals surface area (Å²) in [5.41, 5.74) is 1.70. The van der Waals surface area contributed by atoms with Crippen LogP contribution in [-0.4, -0.2) is 52.8 Å². The molecule has 3 rings (SSSR count). The van der Waals surface area contributed by atoms with Gasteiger partial charge in [-0.3, -0.25) is 9.59 Å². The van der Waals surface area contributed by atoms with Crippen LogP contribution >= 0.6 is 0 Å². The molecule has 5 nitrogen and oxygen atoms in total. The van der Waals surface area contributed by atoms with E-state index in [-0.39, 0.29) is 11.8 Å². The number of nitrogens with zero attached hydrogens (tertiary/aromatic N) is 2. The number of H-pyrrole nitrogens is 1. The van der Waals surface area contributed by atoms with Crippen molar-refractivity contribution in [2.75, 3.05) is 26.2 Å². The van der Waals surface area contributed by atoms with Gasteiger partial charge in [-0.15, -0.1) is 0 Å². The molecule has 21 heavy (non-hydrogen) atoms. The summed E-state index contributed by atoms with van der Waals surface area (Å²) in [4.78, 5) is 31.0. The minimum atomic E-state index is 0.0469. The van der Waals surface area contributed by atoms with Crippen LogP contribution < -0.4 is 0 Å². The molecular weight excluding hydrogens is 266 g/mol. The minimum Gasteiger partial charge on any atom is -0.361 e. The minimum absolute atomic E-state index is 0.0469. The Morgan fingerprint density at radius 1 is 1.05 bits per heavy atom. The van der Waals surface area contributed by atoms with Gasteiger partial charge in [-0.2, -0.15) is 0 Å². The summed E-state index contributed by atoms with van der Waals surface area (Å²) in [5, 5.41) is 0.954. The predicted molar refractivity (Wildman–Crippen MR) is 81.1 cm³/mol. The van der Waals surface area contributed by atoms with Gasteiger partial charge in [0.05, 0.1) is 0 Å². The van der Waals surface area contributed by atoms with E-state index >= 15 is 0 Å². The lowest BCUT2D eigenvalue weighted by Gasteiger charge is -2.21. The molecule has 1 aliphatic rings. The normalized spacial score (nSPS) is 16.0. The molecule has 5 heteroatoms. The molecular formula is C16H19N3O2. The van der Waals surface area contributed by atoms with Gasteiger partial charge < -0.3 is 14.8 Å². The Morgan fingerprint density at radius 2 is 1.81 bits per heavy atom. The van der Waals surface area contributed by atoms with Crippen molar-refractivity contribution in [3.8, 4) is 0 Å². The van der Waals surface area contributed by atoms with Gasteiger partial charge in [-0.05, 0) is 24.6 Å². The molecule has 0 unspecified atom stereocenters. The molecule has 1 N–H and O–H groups in total. The van der Waals surface area contributed by atoms with Crippen molar-refractivity contribution in [3.05, 3.63) is 36.0 Å². The molecule has 2 amide bonds. The highest BCUT2D eigenvalue weighted by atomic mass is 16.2. The quantitative estimate of drug-likeness (QED) is 0.869. The van der Waals surface area contributed by atoms with Crippen molar-refractivity contribution >= 4 is 22.7 Å². The lowest BCUT2D eigenvalue weighted by molar-refractivity contribution is -0.128. The molecule has 1 aliphatic heterocycles. The summed E-state index contributed by atoms with van der Waals surface area (Å²) in [6.45, 7) is 4.22. The van der Waals surface area contributed by atoms with E-state index in [1.807, 2.05) is 40.3 Å². The van der Waals surface area contributed by atoms with Crippen LogP contribution in [0.2, 0.25) is 0 Å². The first-order valence-electron chi connectivity index (χ1n) is 7.28. The molecule has 0 saturated carbocycles. The van der Waals surface area contributed by atoms with Gasteiger partial charge in [-0.25, -0.2) is 0 Å². The number of benzene rings is 1. The van der Waals surface area contributed by atoms with Crippen LogP contribution in [0.3, 0.4) is 0 Å². The van der Waals surface area contributed by atoms with E-state index in [4.69, 9.17) is 0 Å². The first kappa shape index (κ1) is 13.7. The monoisotopic (exact) mass is 285 g/mol. The number of fused-ring (bicyclic) bond motifs is 1. The number of amides is 2. The predicted octanol–water partition coefficient (Wildman–Crippen LogP) is 1.86. The molecule has 0 bridgehead atoms. The third kappa shape index (κ3) is 2.63. The molecule has 1 aromatic heterocycles. The summed E-state index contributed by atoms with van der Waals surface area (Å²) in [6.07, 6.45) is 2.68. The lowest BCUT2D eigenvalue weighted by atomic mass is 10.1. The van der Waals surface area contributed by atoms with Crippen molar-refractivity contribution < 1.29 is 9.59 Å². The third-order valence-electron chi connectivity index (χ3n) is 4.05. The maximum absolute atomic E-state index is 12.7. The Balaban J connectivity index is 1.82. The average Bonchev–Trinajstić information content (AvgIpc) is 2.81. The topological polar surface area (TPSA) is 56.4 Å². The second-order valence-electron chi connectivity index (χ2n) is 5.40. The smallest absolute Gasteiger partial charge is 0.254 e. The average molecular weight is 285 g/mol. The number of nitrogens with one attached hydrogen (secondary N) is 1. The summed E-state index contributed by atoms with van der Waals surface area (Å²) in [5.74, 6) is 0.127. The first-order chi connectivity index (χ1) is 10.2. The van der Waals surface area contributed by atoms with E-state index in [0.29, 0.717) is 19.6 Å². The summed E-state index contributed by atoms with van der Waals surface area (Å²) in [7, 11) is 0. The van der Waals surface area contributed by atoms with Crippen LogP contribution in [0.15, 0.2) is 30.5 Å². The van der Waals surface area contributed by atoms with Crippen molar-refractivity contribution in [2.45, 2.75) is 13.3 Å². The Morgan fingerprint density at radius 3 is 2.62 bits per heavy atom. The van der Waals surface area contributed by atoms with Gasteiger partial charge in [0.2, 0.25) is 5.91 Å². The SMILES string of the molecule is CC(=O)N1CCCN(C(=O)c2cccc3[nH]ccc23)CC1. The highest BCUT2D eigenvalue weighted by Gasteiger charge is 2.22. The van der Waals surface area contributed by atoms with E-state index in [1.54, 1.807) is 6.92 Å². The summed E-state index contributed by atoms with van der Waals surface area (Å²) < 4.78 is 0. The van der Waals surface area contributed by atoms with Gasteiger partial charge in [0.1, 0.15) is 0 Å². The van der Waals surface area contributed by atoms with E-state index in [1.165, 1.54) is 0 Å². The number of carbonyl (C=O) groups excluding carboxylic acids is 2. The number of rotatable bonds is 1.